The van der Waals surface area contributed by atoms with E-state index in [4.69, 9.17) is 15.6 Å². The number of ether oxygens (including phenoxy) is 1. The van der Waals surface area contributed by atoms with Crippen molar-refractivity contribution in [3.63, 3.8) is 0 Å². The van der Waals surface area contributed by atoms with Crippen molar-refractivity contribution in [2.24, 2.45) is 11.7 Å². The Hall–Kier alpha value is -3.35. The lowest BCUT2D eigenvalue weighted by molar-refractivity contribution is -0.137. The van der Waals surface area contributed by atoms with E-state index in [2.05, 4.69) is 5.32 Å². The third-order valence-electron chi connectivity index (χ3n) is 5.34. The summed E-state index contributed by atoms with van der Waals surface area (Å²) in [6.07, 6.45) is 3.48. The molecule has 1 atom stereocenters. The van der Waals surface area contributed by atoms with Crippen molar-refractivity contribution >= 4 is 17.8 Å². The number of rotatable bonds is 10. The van der Waals surface area contributed by atoms with Gasteiger partial charge in [-0.15, -0.1) is 0 Å². The van der Waals surface area contributed by atoms with Crippen molar-refractivity contribution < 1.29 is 24.2 Å². The summed E-state index contributed by atoms with van der Waals surface area (Å²) in [5.74, 6) is -0.766. The summed E-state index contributed by atoms with van der Waals surface area (Å²) in [5.41, 5.74) is 7.55. The van der Waals surface area contributed by atoms with Gasteiger partial charge in [0.25, 0.3) is 5.91 Å². The van der Waals surface area contributed by atoms with Crippen LogP contribution in [0.1, 0.15) is 42.5 Å². The van der Waals surface area contributed by atoms with Crippen molar-refractivity contribution in [3.05, 3.63) is 54.1 Å². The number of aliphatic carboxylic acids is 1. The molecule has 7 heteroatoms. The highest BCUT2D eigenvalue weighted by Gasteiger charge is 2.20. The number of carboxylic acid groups (broad SMARTS) is 1. The van der Waals surface area contributed by atoms with E-state index in [1.54, 1.807) is 12.1 Å². The summed E-state index contributed by atoms with van der Waals surface area (Å²) < 4.78 is 5.81. The molecule has 0 spiro atoms. The van der Waals surface area contributed by atoms with Crippen LogP contribution in [0, 0.1) is 5.92 Å². The van der Waals surface area contributed by atoms with E-state index in [0.29, 0.717) is 11.5 Å². The largest absolute Gasteiger partial charge is 0.493 e. The predicted molar refractivity (Wildman–Crippen MR) is 112 cm³/mol. The van der Waals surface area contributed by atoms with Crippen LogP contribution in [-0.4, -0.2) is 35.5 Å². The number of nitrogens with one attached hydrogen (secondary N) is 1. The average Bonchev–Trinajstić information content (AvgIpc) is 2.70. The molecule has 4 N–H and O–H groups in total. The lowest BCUT2D eigenvalue weighted by Crippen LogP contribution is -2.44. The zero-order valence-electron chi connectivity index (χ0n) is 16.7. The van der Waals surface area contributed by atoms with Gasteiger partial charge in [-0.25, -0.2) is 0 Å². The Morgan fingerprint density at radius 1 is 1.03 bits per heavy atom. The minimum Gasteiger partial charge on any atom is -0.493 e. The molecule has 0 saturated heterocycles. The molecule has 1 aliphatic rings. The summed E-state index contributed by atoms with van der Waals surface area (Å²) in [4.78, 5) is 34.5. The zero-order chi connectivity index (χ0) is 21.5. The van der Waals surface area contributed by atoms with Crippen LogP contribution in [0.25, 0.3) is 11.1 Å². The van der Waals surface area contributed by atoms with Gasteiger partial charge in [-0.2, -0.15) is 0 Å². The Morgan fingerprint density at radius 2 is 1.63 bits per heavy atom. The van der Waals surface area contributed by atoms with Gasteiger partial charge < -0.3 is 20.9 Å². The molecule has 2 amide bonds. The third kappa shape index (κ3) is 5.83. The zero-order valence-corrected chi connectivity index (χ0v) is 16.7. The van der Waals surface area contributed by atoms with Crippen LogP contribution in [0.2, 0.25) is 0 Å². The highest BCUT2D eigenvalue weighted by atomic mass is 16.5. The second-order valence-corrected chi connectivity index (χ2v) is 7.57. The van der Waals surface area contributed by atoms with Gasteiger partial charge in [-0.1, -0.05) is 30.7 Å². The van der Waals surface area contributed by atoms with E-state index in [9.17, 15) is 14.4 Å². The Balaban J connectivity index is 1.58. The molecule has 1 saturated carbocycles. The molecule has 0 heterocycles. The maximum atomic E-state index is 12.4. The summed E-state index contributed by atoms with van der Waals surface area (Å²) in [6.45, 7) is 0.766. The van der Waals surface area contributed by atoms with E-state index in [0.717, 1.165) is 23.5 Å². The lowest BCUT2D eigenvalue weighted by atomic mass is 9.86. The molecule has 0 aromatic heterocycles. The maximum absolute atomic E-state index is 12.4. The fourth-order valence-electron chi connectivity index (χ4n) is 3.23. The van der Waals surface area contributed by atoms with Gasteiger partial charge in [0.15, 0.2) is 0 Å². The number of hydrogen-bond donors (Lipinski definition) is 3. The van der Waals surface area contributed by atoms with Gasteiger partial charge in [-0.3, -0.25) is 14.4 Å². The minimum atomic E-state index is -1.06. The molecular weight excluding hydrogens is 384 g/mol. The molecule has 0 bridgehead atoms. The molecule has 0 unspecified atom stereocenters. The fourth-order valence-corrected chi connectivity index (χ4v) is 3.23. The number of carboxylic acids is 1. The molecular formula is C23H26N2O5. The number of carbonyl (C=O) groups excluding carboxylic acids is 2. The standard InChI is InChI=1S/C23H26N2O5/c24-22(28)20(12-13-21(26)27)25-23(29)18-6-4-16(5-7-18)17-8-10-19(11-9-17)30-14-15-2-1-3-15/h4-11,15,20H,1-3,12-14H2,(H2,24,28)(H,25,29)(H,26,27)/t20-/m0/s1. The predicted octanol–water partition coefficient (Wildman–Crippen LogP) is 2.98. The third-order valence-corrected chi connectivity index (χ3v) is 5.34. The second-order valence-electron chi connectivity index (χ2n) is 7.57. The Morgan fingerprint density at radius 3 is 2.13 bits per heavy atom. The lowest BCUT2D eigenvalue weighted by Gasteiger charge is -2.25. The number of benzene rings is 2. The summed E-state index contributed by atoms with van der Waals surface area (Å²) in [6, 6.07) is 13.7. The number of amides is 2. The Labute approximate surface area is 175 Å². The molecule has 30 heavy (non-hydrogen) atoms. The normalized spacial score (nSPS) is 14.4. The Kier molecular flexibility index (Phi) is 7.06. The quantitative estimate of drug-likeness (QED) is 0.556. The van der Waals surface area contributed by atoms with E-state index >= 15 is 0 Å². The van der Waals surface area contributed by atoms with Gasteiger partial charge in [0.05, 0.1) is 6.61 Å². The van der Waals surface area contributed by atoms with Gasteiger partial charge in [0, 0.05) is 12.0 Å². The molecule has 3 rings (SSSR count). The smallest absolute Gasteiger partial charge is 0.303 e. The topological polar surface area (TPSA) is 119 Å². The van der Waals surface area contributed by atoms with Crippen LogP contribution < -0.4 is 15.8 Å². The molecule has 2 aromatic carbocycles. The van der Waals surface area contributed by atoms with E-state index < -0.39 is 23.8 Å². The van der Waals surface area contributed by atoms with Crippen LogP contribution in [-0.2, 0) is 9.59 Å². The summed E-state index contributed by atoms with van der Waals surface area (Å²) >= 11 is 0. The first-order valence-corrected chi connectivity index (χ1v) is 10.1. The monoisotopic (exact) mass is 410 g/mol. The van der Waals surface area contributed by atoms with Gasteiger partial charge >= 0.3 is 5.97 Å². The molecule has 7 nitrogen and oxygen atoms in total. The van der Waals surface area contributed by atoms with Crippen molar-refractivity contribution in [1.29, 1.82) is 0 Å². The maximum Gasteiger partial charge on any atom is 0.303 e. The van der Waals surface area contributed by atoms with Crippen LogP contribution >= 0.6 is 0 Å². The van der Waals surface area contributed by atoms with E-state index in [1.807, 2.05) is 36.4 Å². The number of nitrogens with two attached hydrogens (primary N) is 1. The second kappa shape index (κ2) is 9.91. The van der Waals surface area contributed by atoms with E-state index in [-0.39, 0.29) is 12.8 Å². The molecule has 1 aliphatic carbocycles. The van der Waals surface area contributed by atoms with E-state index in [1.165, 1.54) is 19.3 Å². The first-order chi connectivity index (χ1) is 14.4. The van der Waals surface area contributed by atoms with Crippen molar-refractivity contribution in [3.8, 4) is 16.9 Å². The highest BCUT2D eigenvalue weighted by molar-refractivity contribution is 5.97. The van der Waals surface area contributed by atoms with Crippen LogP contribution in [0.4, 0.5) is 0 Å². The SMILES string of the molecule is NC(=O)[C@H](CCC(=O)O)NC(=O)c1ccc(-c2ccc(OCC3CCC3)cc2)cc1. The van der Waals surface area contributed by atoms with Gasteiger partial charge in [-0.05, 0) is 60.6 Å². The fraction of sp³-hybridized carbons (Fsp3) is 0.348. The first kappa shape index (κ1) is 21.4. The summed E-state index contributed by atoms with van der Waals surface area (Å²) in [7, 11) is 0. The summed E-state index contributed by atoms with van der Waals surface area (Å²) in [5, 5.41) is 11.2. The van der Waals surface area contributed by atoms with Gasteiger partial charge in [0.1, 0.15) is 11.8 Å². The average molecular weight is 410 g/mol. The van der Waals surface area contributed by atoms with Gasteiger partial charge in [0.2, 0.25) is 5.91 Å². The number of primary amides is 1. The molecule has 0 aliphatic heterocycles. The first-order valence-electron chi connectivity index (χ1n) is 10.1. The molecule has 158 valence electrons. The van der Waals surface area contributed by atoms with Crippen LogP contribution in [0.15, 0.2) is 48.5 Å². The number of carbonyl (C=O) groups is 3. The Bertz CT molecular complexity index is 889. The minimum absolute atomic E-state index is 0.0519. The van der Waals surface area contributed by atoms with Crippen LogP contribution in [0.3, 0.4) is 0 Å². The molecule has 1 fully saturated rings. The number of hydrogen-bond acceptors (Lipinski definition) is 4. The van der Waals surface area contributed by atoms with Crippen molar-refractivity contribution in [2.75, 3.05) is 6.61 Å². The molecule has 2 aromatic rings. The van der Waals surface area contributed by atoms with Crippen LogP contribution in [0.5, 0.6) is 5.75 Å². The van der Waals surface area contributed by atoms with Crippen molar-refractivity contribution in [1.82, 2.24) is 5.32 Å². The molecule has 0 radical (unpaired) electrons. The van der Waals surface area contributed by atoms with Crippen molar-refractivity contribution in [2.45, 2.75) is 38.1 Å². The highest BCUT2D eigenvalue weighted by Crippen LogP contribution is 2.28.